The average molecular weight is 359 g/mol. The van der Waals surface area contributed by atoms with Gasteiger partial charge >= 0.3 is 0 Å². The van der Waals surface area contributed by atoms with Crippen molar-refractivity contribution in [3.63, 3.8) is 0 Å². The van der Waals surface area contributed by atoms with Gasteiger partial charge in [-0.2, -0.15) is 0 Å². The standard InChI is InChI=1S/C22H21N3O2/c1-3-27-19-9-7-17(8-10-19)23-22-21(16-5-4-6-18(26)14-16)24-20-13-15(2)11-12-25(20)22/h4-14,23,26H,3H2,1-2H3. The monoisotopic (exact) mass is 359 g/mol. The summed E-state index contributed by atoms with van der Waals surface area (Å²) in [6, 6.07) is 19.1. The van der Waals surface area contributed by atoms with Gasteiger partial charge in [-0.1, -0.05) is 12.1 Å². The van der Waals surface area contributed by atoms with E-state index < -0.39 is 0 Å². The molecule has 0 unspecified atom stereocenters. The van der Waals surface area contributed by atoms with Crippen LogP contribution >= 0.6 is 0 Å². The molecule has 0 spiro atoms. The first-order chi connectivity index (χ1) is 13.1. The lowest BCUT2D eigenvalue weighted by Gasteiger charge is -2.10. The molecule has 0 amide bonds. The van der Waals surface area contributed by atoms with Crippen LogP contribution in [0.4, 0.5) is 11.5 Å². The van der Waals surface area contributed by atoms with Crippen molar-refractivity contribution in [3.05, 3.63) is 72.4 Å². The van der Waals surface area contributed by atoms with Gasteiger partial charge in [-0.05, 0) is 67.9 Å². The first kappa shape index (κ1) is 17.0. The molecule has 2 heterocycles. The number of aromatic hydroxyl groups is 1. The fourth-order valence-electron chi connectivity index (χ4n) is 3.06. The lowest BCUT2D eigenvalue weighted by atomic mass is 10.1. The number of benzene rings is 2. The highest BCUT2D eigenvalue weighted by Crippen LogP contribution is 2.33. The van der Waals surface area contributed by atoms with E-state index in [0.29, 0.717) is 6.61 Å². The van der Waals surface area contributed by atoms with Crippen molar-refractivity contribution < 1.29 is 9.84 Å². The minimum atomic E-state index is 0.216. The molecule has 0 saturated carbocycles. The van der Waals surface area contributed by atoms with Crippen LogP contribution in [0.2, 0.25) is 0 Å². The number of aryl methyl sites for hydroxylation is 1. The lowest BCUT2D eigenvalue weighted by Crippen LogP contribution is -1.97. The summed E-state index contributed by atoms with van der Waals surface area (Å²) in [6.45, 7) is 4.65. The fourth-order valence-corrected chi connectivity index (χ4v) is 3.06. The van der Waals surface area contributed by atoms with E-state index in [0.717, 1.165) is 39.7 Å². The Morgan fingerprint density at radius 3 is 2.63 bits per heavy atom. The molecule has 0 saturated heterocycles. The van der Waals surface area contributed by atoms with E-state index in [1.807, 2.05) is 73.0 Å². The molecular weight excluding hydrogens is 338 g/mol. The Hall–Kier alpha value is -3.47. The second kappa shape index (κ2) is 7.03. The minimum absolute atomic E-state index is 0.216. The third-order valence-electron chi connectivity index (χ3n) is 4.33. The maximum atomic E-state index is 9.89. The molecule has 0 bridgehead atoms. The molecule has 27 heavy (non-hydrogen) atoms. The second-order valence-electron chi connectivity index (χ2n) is 6.37. The van der Waals surface area contributed by atoms with Gasteiger partial charge < -0.3 is 15.2 Å². The van der Waals surface area contributed by atoms with Crippen molar-refractivity contribution in [1.82, 2.24) is 9.38 Å². The summed E-state index contributed by atoms with van der Waals surface area (Å²) in [7, 11) is 0. The number of hydrogen-bond acceptors (Lipinski definition) is 4. The molecule has 0 fully saturated rings. The summed E-state index contributed by atoms with van der Waals surface area (Å²) in [4.78, 5) is 4.79. The molecule has 0 aliphatic rings. The molecule has 0 atom stereocenters. The van der Waals surface area contributed by atoms with Crippen LogP contribution in [0.25, 0.3) is 16.9 Å². The molecule has 136 valence electrons. The average Bonchev–Trinajstić information content (AvgIpc) is 3.01. The molecular formula is C22H21N3O2. The molecule has 0 aliphatic heterocycles. The number of hydrogen-bond donors (Lipinski definition) is 2. The van der Waals surface area contributed by atoms with Crippen LogP contribution < -0.4 is 10.1 Å². The Morgan fingerprint density at radius 2 is 1.89 bits per heavy atom. The first-order valence-corrected chi connectivity index (χ1v) is 8.92. The fraction of sp³-hybridized carbons (Fsp3) is 0.136. The Balaban J connectivity index is 1.81. The van der Waals surface area contributed by atoms with Crippen LogP contribution in [0, 0.1) is 6.92 Å². The van der Waals surface area contributed by atoms with E-state index in [1.54, 1.807) is 12.1 Å². The van der Waals surface area contributed by atoms with Gasteiger partial charge in [0.25, 0.3) is 0 Å². The van der Waals surface area contributed by atoms with E-state index in [-0.39, 0.29) is 5.75 Å². The number of aromatic nitrogens is 2. The molecule has 4 rings (SSSR count). The number of pyridine rings is 1. The molecule has 0 radical (unpaired) electrons. The first-order valence-electron chi connectivity index (χ1n) is 8.92. The van der Waals surface area contributed by atoms with Gasteiger partial charge in [-0.25, -0.2) is 4.98 Å². The predicted molar refractivity (Wildman–Crippen MR) is 108 cm³/mol. The maximum absolute atomic E-state index is 9.89. The second-order valence-corrected chi connectivity index (χ2v) is 6.37. The molecule has 4 aromatic rings. The Bertz CT molecular complexity index is 1080. The molecule has 5 nitrogen and oxygen atoms in total. The van der Waals surface area contributed by atoms with Crippen LogP contribution in [-0.2, 0) is 0 Å². The smallest absolute Gasteiger partial charge is 0.143 e. The topological polar surface area (TPSA) is 58.8 Å². The number of ether oxygens (including phenoxy) is 1. The van der Waals surface area contributed by atoms with E-state index in [4.69, 9.17) is 9.72 Å². The summed E-state index contributed by atoms with van der Waals surface area (Å²) in [5.41, 5.74) is 4.56. The van der Waals surface area contributed by atoms with E-state index in [9.17, 15) is 5.11 Å². The number of rotatable bonds is 5. The Kier molecular flexibility index (Phi) is 4.42. The van der Waals surface area contributed by atoms with Crippen LogP contribution in [0.3, 0.4) is 0 Å². The van der Waals surface area contributed by atoms with Crippen molar-refractivity contribution in [3.8, 4) is 22.8 Å². The SMILES string of the molecule is CCOc1ccc(Nc2c(-c3cccc(O)c3)nc3cc(C)ccn23)cc1. The number of nitrogens with one attached hydrogen (secondary N) is 1. The van der Waals surface area contributed by atoms with Crippen molar-refractivity contribution >= 4 is 17.2 Å². The predicted octanol–water partition coefficient (Wildman–Crippen LogP) is 5.16. The lowest BCUT2D eigenvalue weighted by molar-refractivity contribution is 0.340. The third kappa shape index (κ3) is 3.44. The van der Waals surface area contributed by atoms with Crippen LogP contribution in [0.5, 0.6) is 11.5 Å². The van der Waals surface area contributed by atoms with Gasteiger partial charge in [0.05, 0.1) is 6.61 Å². The molecule has 2 aromatic carbocycles. The van der Waals surface area contributed by atoms with Gasteiger partial charge in [-0.3, -0.25) is 4.40 Å². The zero-order valence-corrected chi connectivity index (χ0v) is 15.3. The number of phenolic OH excluding ortho intramolecular Hbond substituents is 1. The molecule has 2 aromatic heterocycles. The molecule has 0 aliphatic carbocycles. The third-order valence-corrected chi connectivity index (χ3v) is 4.33. The van der Waals surface area contributed by atoms with E-state index in [1.165, 1.54) is 0 Å². The van der Waals surface area contributed by atoms with Gasteiger partial charge in [0.2, 0.25) is 0 Å². The Morgan fingerprint density at radius 1 is 1.07 bits per heavy atom. The molecule has 2 N–H and O–H groups in total. The maximum Gasteiger partial charge on any atom is 0.143 e. The van der Waals surface area contributed by atoms with Gasteiger partial charge in [0, 0.05) is 17.4 Å². The van der Waals surface area contributed by atoms with Crippen molar-refractivity contribution in [2.75, 3.05) is 11.9 Å². The normalized spacial score (nSPS) is 10.9. The van der Waals surface area contributed by atoms with Crippen molar-refractivity contribution in [1.29, 1.82) is 0 Å². The zero-order valence-electron chi connectivity index (χ0n) is 15.3. The number of phenols is 1. The van der Waals surface area contributed by atoms with Crippen LogP contribution in [0.15, 0.2) is 66.9 Å². The summed E-state index contributed by atoms with van der Waals surface area (Å²) in [5.74, 6) is 1.90. The summed E-state index contributed by atoms with van der Waals surface area (Å²) < 4.78 is 7.53. The van der Waals surface area contributed by atoms with E-state index in [2.05, 4.69) is 5.32 Å². The highest BCUT2D eigenvalue weighted by molar-refractivity contribution is 5.80. The van der Waals surface area contributed by atoms with Crippen molar-refractivity contribution in [2.45, 2.75) is 13.8 Å². The highest BCUT2D eigenvalue weighted by atomic mass is 16.5. The highest BCUT2D eigenvalue weighted by Gasteiger charge is 2.15. The Labute approximate surface area is 157 Å². The van der Waals surface area contributed by atoms with Crippen molar-refractivity contribution in [2.24, 2.45) is 0 Å². The summed E-state index contributed by atoms with van der Waals surface area (Å²) >= 11 is 0. The molecule has 5 heteroatoms. The number of anilines is 2. The summed E-state index contributed by atoms with van der Waals surface area (Å²) in [6.07, 6.45) is 2.00. The quantitative estimate of drug-likeness (QED) is 0.517. The van der Waals surface area contributed by atoms with Gasteiger partial charge in [0.15, 0.2) is 0 Å². The number of nitrogens with zero attached hydrogens (tertiary/aromatic N) is 2. The van der Waals surface area contributed by atoms with Crippen LogP contribution in [-0.4, -0.2) is 21.1 Å². The van der Waals surface area contributed by atoms with Gasteiger partial charge in [0.1, 0.15) is 28.7 Å². The number of fused-ring (bicyclic) bond motifs is 1. The van der Waals surface area contributed by atoms with E-state index >= 15 is 0 Å². The zero-order chi connectivity index (χ0) is 18.8. The minimum Gasteiger partial charge on any atom is -0.508 e. The largest absolute Gasteiger partial charge is 0.508 e. The van der Waals surface area contributed by atoms with Crippen LogP contribution in [0.1, 0.15) is 12.5 Å². The van der Waals surface area contributed by atoms with Gasteiger partial charge in [-0.15, -0.1) is 0 Å². The summed E-state index contributed by atoms with van der Waals surface area (Å²) in [5, 5.41) is 13.4. The number of imidazole rings is 1.